The van der Waals surface area contributed by atoms with Gasteiger partial charge in [0.2, 0.25) is 0 Å². The van der Waals surface area contributed by atoms with Gasteiger partial charge in [0.15, 0.2) is 0 Å². The summed E-state index contributed by atoms with van der Waals surface area (Å²) >= 11 is 0. The number of quaternary nitrogens is 1. The largest absolute Gasteiger partial charge is 1.00 e. The molecule has 0 fully saturated rings. The Kier molecular flexibility index (Phi) is 25.9. The molecule has 172 valence electrons. The summed E-state index contributed by atoms with van der Waals surface area (Å²) in [5.41, 5.74) is 0. The minimum atomic E-state index is 0. The molecule has 0 saturated carbocycles. The maximum absolute atomic E-state index is 2.36. The van der Waals surface area contributed by atoms with Gasteiger partial charge in [-0.2, -0.15) is 0 Å². The standard InChI is InChI=1S/C26H56N.BrH/c1-5-9-13-14-15-16-17-18-19-20-21-22-26-27(23-10-6-2,24-11-7-3)25-12-8-4;/h5-26H2,1-4H3;1H/q+1;/p-1. The molecule has 0 radical (unpaired) electrons. The molecule has 0 aliphatic rings. The lowest BCUT2D eigenvalue weighted by Crippen LogP contribution is -3.00. The molecule has 0 atom stereocenters. The topological polar surface area (TPSA) is 0 Å². The monoisotopic (exact) mass is 461 g/mol. The van der Waals surface area contributed by atoms with Crippen LogP contribution >= 0.6 is 0 Å². The normalized spacial score (nSPS) is 11.6. The van der Waals surface area contributed by atoms with Crippen molar-refractivity contribution in [1.29, 1.82) is 0 Å². The van der Waals surface area contributed by atoms with Crippen LogP contribution in [0.25, 0.3) is 0 Å². The van der Waals surface area contributed by atoms with Gasteiger partial charge in [-0.25, -0.2) is 0 Å². The van der Waals surface area contributed by atoms with Crippen LogP contribution in [0.4, 0.5) is 0 Å². The van der Waals surface area contributed by atoms with Crippen molar-refractivity contribution in [3.63, 3.8) is 0 Å². The fourth-order valence-electron chi connectivity index (χ4n) is 4.44. The van der Waals surface area contributed by atoms with Crippen LogP contribution in [0.15, 0.2) is 0 Å². The minimum absolute atomic E-state index is 0. The summed E-state index contributed by atoms with van der Waals surface area (Å²) < 4.78 is 1.44. The number of hydrogen-bond donors (Lipinski definition) is 0. The van der Waals surface area contributed by atoms with Crippen molar-refractivity contribution in [3.05, 3.63) is 0 Å². The summed E-state index contributed by atoms with van der Waals surface area (Å²) in [5.74, 6) is 0. The Balaban J connectivity index is 0. The summed E-state index contributed by atoms with van der Waals surface area (Å²) in [5, 5.41) is 0. The van der Waals surface area contributed by atoms with E-state index in [2.05, 4.69) is 27.7 Å². The highest BCUT2D eigenvalue weighted by atomic mass is 79.9. The molecular formula is C26H56BrN. The average molecular weight is 463 g/mol. The summed E-state index contributed by atoms with van der Waals surface area (Å²) in [7, 11) is 0. The molecule has 28 heavy (non-hydrogen) atoms. The quantitative estimate of drug-likeness (QED) is 0.139. The molecule has 0 heterocycles. The van der Waals surface area contributed by atoms with Crippen molar-refractivity contribution < 1.29 is 21.5 Å². The van der Waals surface area contributed by atoms with E-state index in [1.165, 1.54) is 146 Å². The number of unbranched alkanes of at least 4 members (excludes halogenated alkanes) is 14. The molecule has 0 aromatic carbocycles. The van der Waals surface area contributed by atoms with E-state index in [1.807, 2.05) is 0 Å². The lowest BCUT2D eigenvalue weighted by atomic mass is 10.0. The Hall–Kier alpha value is 0.440. The smallest absolute Gasteiger partial charge is 0.0786 e. The molecule has 0 spiro atoms. The Morgan fingerprint density at radius 1 is 0.321 bits per heavy atom. The van der Waals surface area contributed by atoms with E-state index in [4.69, 9.17) is 0 Å². The first kappa shape index (κ1) is 30.6. The van der Waals surface area contributed by atoms with Gasteiger partial charge in [0.05, 0.1) is 26.2 Å². The zero-order valence-electron chi connectivity index (χ0n) is 20.4. The molecule has 0 aliphatic heterocycles. The van der Waals surface area contributed by atoms with Gasteiger partial charge in [-0.1, -0.05) is 111 Å². The maximum atomic E-state index is 2.36. The second-order valence-corrected chi connectivity index (χ2v) is 9.19. The predicted octanol–water partition coefficient (Wildman–Crippen LogP) is 5.91. The summed E-state index contributed by atoms with van der Waals surface area (Å²) in [6, 6.07) is 0. The van der Waals surface area contributed by atoms with Crippen molar-refractivity contribution in [1.82, 2.24) is 0 Å². The van der Waals surface area contributed by atoms with Crippen molar-refractivity contribution in [3.8, 4) is 0 Å². The highest BCUT2D eigenvalue weighted by molar-refractivity contribution is 4.52. The van der Waals surface area contributed by atoms with Gasteiger partial charge in [-0.05, 0) is 32.1 Å². The van der Waals surface area contributed by atoms with Crippen molar-refractivity contribution in [2.75, 3.05) is 26.2 Å². The SMILES string of the molecule is CCCCCCCCCCCCCC[N+](CCCC)(CCCC)CCCC.[Br-]. The predicted molar refractivity (Wildman–Crippen MR) is 126 cm³/mol. The average Bonchev–Trinajstić information content (AvgIpc) is 2.69. The van der Waals surface area contributed by atoms with Crippen LogP contribution in [-0.2, 0) is 0 Å². The Labute approximate surface area is 190 Å². The third-order valence-corrected chi connectivity index (χ3v) is 6.44. The molecule has 0 unspecified atom stereocenters. The van der Waals surface area contributed by atoms with Crippen LogP contribution in [0.3, 0.4) is 0 Å². The third kappa shape index (κ3) is 18.5. The zero-order valence-corrected chi connectivity index (χ0v) is 22.0. The number of rotatable bonds is 22. The van der Waals surface area contributed by atoms with Crippen molar-refractivity contribution >= 4 is 0 Å². The minimum Gasteiger partial charge on any atom is -1.00 e. The molecule has 2 heteroatoms. The second kappa shape index (κ2) is 23.7. The Morgan fingerprint density at radius 3 is 0.893 bits per heavy atom. The van der Waals surface area contributed by atoms with E-state index in [-0.39, 0.29) is 17.0 Å². The van der Waals surface area contributed by atoms with Gasteiger partial charge in [0.25, 0.3) is 0 Å². The molecule has 0 bridgehead atoms. The first-order chi connectivity index (χ1) is 13.2. The van der Waals surface area contributed by atoms with Crippen LogP contribution < -0.4 is 17.0 Å². The highest BCUT2D eigenvalue weighted by Crippen LogP contribution is 2.18. The van der Waals surface area contributed by atoms with E-state index in [0.717, 1.165) is 0 Å². The van der Waals surface area contributed by atoms with Crippen LogP contribution in [0.1, 0.15) is 143 Å². The molecular weight excluding hydrogens is 406 g/mol. The van der Waals surface area contributed by atoms with Gasteiger partial charge < -0.3 is 21.5 Å². The number of halogens is 1. The van der Waals surface area contributed by atoms with Gasteiger partial charge >= 0.3 is 0 Å². The van der Waals surface area contributed by atoms with Crippen LogP contribution in [-0.4, -0.2) is 30.7 Å². The molecule has 0 aliphatic carbocycles. The van der Waals surface area contributed by atoms with Crippen molar-refractivity contribution in [2.45, 2.75) is 143 Å². The summed E-state index contributed by atoms with van der Waals surface area (Å²) in [6.45, 7) is 15.2. The van der Waals surface area contributed by atoms with Gasteiger partial charge in [-0.3, -0.25) is 0 Å². The lowest BCUT2D eigenvalue weighted by molar-refractivity contribution is -0.929. The van der Waals surface area contributed by atoms with Crippen molar-refractivity contribution in [2.24, 2.45) is 0 Å². The number of hydrogen-bond acceptors (Lipinski definition) is 0. The van der Waals surface area contributed by atoms with Gasteiger partial charge in [0.1, 0.15) is 0 Å². The highest BCUT2D eigenvalue weighted by Gasteiger charge is 2.24. The fourth-order valence-corrected chi connectivity index (χ4v) is 4.44. The van der Waals surface area contributed by atoms with Gasteiger partial charge in [0, 0.05) is 0 Å². The molecule has 0 aromatic heterocycles. The van der Waals surface area contributed by atoms with E-state index < -0.39 is 0 Å². The third-order valence-electron chi connectivity index (χ3n) is 6.44. The maximum Gasteiger partial charge on any atom is 0.0786 e. The molecule has 0 aromatic rings. The first-order valence-electron chi connectivity index (χ1n) is 13.1. The fraction of sp³-hybridized carbons (Fsp3) is 1.00. The Bertz CT molecular complexity index is 258. The van der Waals surface area contributed by atoms with E-state index in [1.54, 1.807) is 0 Å². The Morgan fingerprint density at radius 2 is 0.571 bits per heavy atom. The van der Waals surface area contributed by atoms with E-state index >= 15 is 0 Å². The molecule has 0 N–H and O–H groups in total. The van der Waals surface area contributed by atoms with Gasteiger partial charge in [-0.15, -0.1) is 0 Å². The zero-order chi connectivity index (χ0) is 20.1. The van der Waals surface area contributed by atoms with Crippen LogP contribution in [0.5, 0.6) is 0 Å². The lowest BCUT2D eigenvalue weighted by Gasteiger charge is -2.39. The van der Waals surface area contributed by atoms with Crippen LogP contribution in [0.2, 0.25) is 0 Å². The molecule has 1 nitrogen and oxygen atoms in total. The molecule has 0 saturated heterocycles. The molecule has 0 amide bonds. The molecule has 0 rings (SSSR count). The summed E-state index contributed by atoms with van der Waals surface area (Å²) in [6.07, 6.45) is 25.9. The first-order valence-corrected chi connectivity index (χ1v) is 13.1. The van der Waals surface area contributed by atoms with E-state index in [9.17, 15) is 0 Å². The number of nitrogens with zero attached hydrogens (tertiary/aromatic N) is 1. The second-order valence-electron chi connectivity index (χ2n) is 9.19. The van der Waals surface area contributed by atoms with Crippen LogP contribution in [0, 0.1) is 0 Å². The summed E-state index contributed by atoms with van der Waals surface area (Å²) in [4.78, 5) is 0. The van der Waals surface area contributed by atoms with E-state index in [0.29, 0.717) is 0 Å².